The summed E-state index contributed by atoms with van der Waals surface area (Å²) in [6.07, 6.45) is 0. The number of nitrogens with one attached hydrogen (secondary N) is 1. The quantitative estimate of drug-likeness (QED) is 0.878. The van der Waals surface area contributed by atoms with Crippen LogP contribution in [-0.4, -0.2) is 61.4 Å². The highest BCUT2D eigenvalue weighted by atomic mass is 79.9. The third-order valence-corrected chi connectivity index (χ3v) is 4.43. The van der Waals surface area contributed by atoms with Crippen LogP contribution in [0, 0.1) is 5.92 Å². The third kappa shape index (κ3) is 4.08. The standard InChI is InChI=1S/C16H22BrN3O2/c1-12(11-18-2)15(21)19-7-9-20(10-8-19)16(22)13-3-5-14(17)6-4-13/h3-6,12,18H,7-11H2,1-2H3. The molecule has 1 N–H and O–H groups in total. The second-order valence-electron chi connectivity index (χ2n) is 5.58. The predicted molar refractivity (Wildman–Crippen MR) is 89.7 cm³/mol. The Morgan fingerprint density at radius 1 is 1.14 bits per heavy atom. The second kappa shape index (κ2) is 7.74. The predicted octanol–water partition coefficient (Wildman–Crippen LogP) is 1.59. The van der Waals surface area contributed by atoms with Crippen molar-refractivity contribution >= 4 is 27.7 Å². The lowest BCUT2D eigenvalue weighted by atomic mass is 10.1. The second-order valence-corrected chi connectivity index (χ2v) is 6.50. The maximum absolute atomic E-state index is 12.4. The van der Waals surface area contributed by atoms with Gasteiger partial charge in [0.15, 0.2) is 0 Å². The van der Waals surface area contributed by atoms with Gasteiger partial charge in [-0.05, 0) is 31.3 Å². The van der Waals surface area contributed by atoms with Crippen LogP contribution in [0.1, 0.15) is 17.3 Å². The number of halogens is 1. The number of benzene rings is 1. The lowest BCUT2D eigenvalue weighted by molar-refractivity contribution is -0.136. The summed E-state index contributed by atoms with van der Waals surface area (Å²) in [5.41, 5.74) is 0.687. The molecule has 22 heavy (non-hydrogen) atoms. The van der Waals surface area contributed by atoms with E-state index in [4.69, 9.17) is 0 Å². The van der Waals surface area contributed by atoms with E-state index in [1.807, 2.05) is 48.0 Å². The highest BCUT2D eigenvalue weighted by Gasteiger charge is 2.26. The minimum atomic E-state index is -0.0290. The van der Waals surface area contributed by atoms with Crippen molar-refractivity contribution in [1.82, 2.24) is 15.1 Å². The molecule has 1 atom stereocenters. The van der Waals surface area contributed by atoms with E-state index in [0.717, 1.165) is 4.47 Å². The molecule has 1 aromatic carbocycles. The topological polar surface area (TPSA) is 52.7 Å². The zero-order valence-corrected chi connectivity index (χ0v) is 14.6. The fourth-order valence-corrected chi connectivity index (χ4v) is 2.87. The first-order valence-corrected chi connectivity index (χ1v) is 8.30. The maximum atomic E-state index is 12.4. The van der Waals surface area contributed by atoms with Crippen LogP contribution in [-0.2, 0) is 4.79 Å². The first-order valence-electron chi connectivity index (χ1n) is 7.51. The molecule has 2 rings (SSSR count). The minimum absolute atomic E-state index is 0.0290. The molecular weight excluding hydrogens is 346 g/mol. The average molecular weight is 368 g/mol. The van der Waals surface area contributed by atoms with Crippen LogP contribution in [0.2, 0.25) is 0 Å². The van der Waals surface area contributed by atoms with E-state index < -0.39 is 0 Å². The van der Waals surface area contributed by atoms with Crippen molar-refractivity contribution in [1.29, 1.82) is 0 Å². The summed E-state index contributed by atoms with van der Waals surface area (Å²) in [7, 11) is 1.85. The van der Waals surface area contributed by atoms with Crippen LogP contribution in [0.3, 0.4) is 0 Å². The molecule has 0 bridgehead atoms. The van der Waals surface area contributed by atoms with Crippen molar-refractivity contribution in [3.05, 3.63) is 34.3 Å². The van der Waals surface area contributed by atoms with Gasteiger partial charge in [-0.15, -0.1) is 0 Å². The molecule has 1 unspecified atom stereocenters. The zero-order chi connectivity index (χ0) is 16.1. The Morgan fingerprint density at radius 2 is 1.68 bits per heavy atom. The summed E-state index contributed by atoms with van der Waals surface area (Å²) in [5.74, 6) is 0.159. The number of amides is 2. The van der Waals surface area contributed by atoms with E-state index in [-0.39, 0.29) is 17.7 Å². The van der Waals surface area contributed by atoms with Gasteiger partial charge in [0.1, 0.15) is 0 Å². The van der Waals surface area contributed by atoms with Gasteiger partial charge in [-0.3, -0.25) is 9.59 Å². The van der Waals surface area contributed by atoms with Crippen molar-refractivity contribution in [2.75, 3.05) is 39.8 Å². The van der Waals surface area contributed by atoms with Crippen LogP contribution in [0.25, 0.3) is 0 Å². The molecule has 1 heterocycles. The monoisotopic (exact) mass is 367 g/mol. The first kappa shape index (κ1) is 17.0. The number of nitrogens with zero attached hydrogens (tertiary/aromatic N) is 2. The lowest BCUT2D eigenvalue weighted by Crippen LogP contribution is -2.52. The molecular formula is C16H22BrN3O2. The van der Waals surface area contributed by atoms with E-state index in [2.05, 4.69) is 21.2 Å². The van der Waals surface area contributed by atoms with Crippen LogP contribution >= 0.6 is 15.9 Å². The van der Waals surface area contributed by atoms with Crippen LogP contribution in [0.4, 0.5) is 0 Å². The van der Waals surface area contributed by atoms with E-state index in [0.29, 0.717) is 38.3 Å². The van der Waals surface area contributed by atoms with Crippen molar-refractivity contribution in [2.45, 2.75) is 6.92 Å². The molecule has 1 fully saturated rings. The number of piperazine rings is 1. The van der Waals surface area contributed by atoms with Crippen molar-refractivity contribution < 1.29 is 9.59 Å². The van der Waals surface area contributed by atoms with Gasteiger partial charge < -0.3 is 15.1 Å². The fraction of sp³-hybridized carbons (Fsp3) is 0.500. The summed E-state index contributed by atoms with van der Waals surface area (Å²) < 4.78 is 0.956. The van der Waals surface area contributed by atoms with Gasteiger partial charge in [-0.2, -0.15) is 0 Å². The Labute approximate surface area is 139 Å². The molecule has 6 heteroatoms. The molecule has 1 aromatic rings. The highest BCUT2D eigenvalue weighted by molar-refractivity contribution is 9.10. The Hall–Kier alpha value is -1.40. The molecule has 2 amide bonds. The van der Waals surface area contributed by atoms with E-state index in [1.54, 1.807) is 0 Å². The zero-order valence-electron chi connectivity index (χ0n) is 13.0. The molecule has 1 aliphatic rings. The smallest absolute Gasteiger partial charge is 0.253 e. The van der Waals surface area contributed by atoms with Gasteiger partial charge in [-0.1, -0.05) is 22.9 Å². The van der Waals surface area contributed by atoms with E-state index >= 15 is 0 Å². The van der Waals surface area contributed by atoms with Gasteiger partial charge in [0.2, 0.25) is 5.91 Å². The summed E-state index contributed by atoms with van der Waals surface area (Å²) in [4.78, 5) is 28.3. The number of hydrogen-bond donors (Lipinski definition) is 1. The van der Waals surface area contributed by atoms with Crippen molar-refractivity contribution in [3.8, 4) is 0 Å². The van der Waals surface area contributed by atoms with E-state index in [1.165, 1.54) is 0 Å². The summed E-state index contributed by atoms with van der Waals surface area (Å²) in [6, 6.07) is 7.37. The largest absolute Gasteiger partial charge is 0.339 e. The number of hydrogen-bond acceptors (Lipinski definition) is 3. The molecule has 1 saturated heterocycles. The summed E-state index contributed by atoms with van der Waals surface area (Å²) in [5, 5.41) is 3.02. The molecule has 0 spiro atoms. The summed E-state index contributed by atoms with van der Waals surface area (Å²) in [6.45, 7) is 5.00. The summed E-state index contributed by atoms with van der Waals surface area (Å²) >= 11 is 3.37. The van der Waals surface area contributed by atoms with Gasteiger partial charge in [0, 0.05) is 48.7 Å². The van der Waals surface area contributed by atoms with E-state index in [9.17, 15) is 9.59 Å². The average Bonchev–Trinajstić information content (AvgIpc) is 2.54. The number of carbonyl (C=O) groups is 2. The van der Waals surface area contributed by atoms with Gasteiger partial charge >= 0.3 is 0 Å². The van der Waals surface area contributed by atoms with Gasteiger partial charge in [-0.25, -0.2) is 0 Å². The minimum Gasteiger partial charge on any atom is -0.339 e. The SMILES string of the molecule is CNCC(C)C(=O)N1CCN(C(=O)c2ccc(Br)cc2)CC1. The Morgan fingerprint density at radius 3 is 2.23 bits per heavy atom. The van der Waals surface area contributed by atoms with Crippen LogP contribution < -0.4 is 5.32 Å². The Kier molecular flexibility index (Phi) is 5.97. The lowest BCUT2D eigenvalue weighted by Gasteiger charge is -2.36. The molecule has 0 radical (unpaired) electrons. The highest BCUT2D eigenvalue weighted by Crippen LogP contribution is 2.14. The normalized spacial score (nSPS) is 16.5. The number of rotatable bonds is 4. The molecule has 120 valence electrons. The van der Waals surface area contributed by atoms with Gasteiger partial charge in [0.25, 0.3) is 5.91 Å². The Bertz CT molecular complexity index is 525. The number of carbonyl (C=O) groups excluding carboxylic acids is 2. The maximum Gasteiger partial charge on any atom is 0.253 e. The molecule has 0 aromatic heterocycles. The fourth-order valence-electron chi connectivity index (χ4n) is 2.61. The van der Waals surface area contributed by atoms with Crippen molar-refractivity contribution in [2.24, 2.45) is 5.92 Å². The molecule has 0 saturated carbocycles. The third-order valence-electron chi connectivity index (χ3n) is 3.90. The van der Waals surface area contributed by atoms with Crippen LogP contribution in [0.5, 0.6) is 0 Å². The molecule has 0 aliphatic carbocycles. The Balaban J connectivity index is 1.90. The van der Waals surface area contributed by atoms with Crippen LogP contribution in [0.15, 0.2) is 28.7 Å². The molecule has 5 nitrogen and oxygen atoms in total. The van der Waals surface area contributed by atoms with Crippen molar-refractivity contribution in [3.63, 3.8) is 0 Å². The first-order chi connectivity index (χ1) is 10.5. The van der Waals surface area contributed by atoms with Gasteiger partial charge in [0.05, 0.1) is 0 Å². The molecule has 1 aliphatic heterocycles.